The Morgan fingerprint density at radius 2 is 1.93 bits per heavy atom. The van der Waals surface area contributed by atoms with Gasteiger partial charge in [0.1, 0.15) is 24.4 Å². The Morgan fingerprint density at radius 1 is 1.29 bits per heavy atom. The second-order valence-corrected chi connectivity index (χ2v) is 4.41. The van der Waals surface area contributed by atoms with Crippen LogP contribution in [0.1, 0.15) is 20.8 Å². The molecule has 2 aliphatic rings. The van der Waals surface area contributed by atoms with Crippen molar-refractivity contribution in [3.05, 3.63) is 11.6 Å². The first-order valence-electron chi connectivity index (χ1n) is 4.81. The third-order valence-corrected chi connectivity index (χ3v) is 2.70. The van der Waals surface area contributed by atoms with E-state index in [-0.39, 0.29) is 6.10 Å². The van der Waals surface area contributed by atoms with Gasteiger partial charge in [-0.3, -0.25) is 0 Å². The van der Waals surface area contributed by atoms with E-state index in [2.05, 4.69) is 0 Å². The Bertz CT molecular complexity index is 271. The number of aliphatic hydroxyl groups excluding tert-OH is 2. The minimum atomic E-state index is -0.898. The topological polar surface area (TPSA) is 58.9 Å². The van der Waals surface area contributed by atoms with E-state index in [0.29, 0.717) is 0 Å². The Morgan fingerprint density at radius 3 is 2.57 bits per heavy atom. The van der Waals surface area contributed by atoms with E-state index in [9.17, 15) is 10.2 Å². The molecule has 0 aromatic heterocycles. The van der Waals surface area contributed by atoms with E-state index in [1.165, 1.54) is 0 Å². The maximum Gasteiger partial charge on any atom is 0.164 e. The van der Waals surface area contributed by atoms with Gasteiger partial charge in [-0.2, -0.15) is 0 Å². The molecular weight excluding hydrogens is 184 g/mol. The van der Waals surface area contributed by atoms with Gasteiger partial charge < -0.3 is 19.7 Å². The van der Waals surface area contributed by atoms with Crippen LogP contribution in [0.5, 0.6) is 0 Å². The average Bonchev–Trinajstić information content (AvgIpc) is 2.38. The van der Waals surface area contributed by atoms with Gasteiger partial charge in [-0.25, -0.2) is 0 Å². The first-order valence-corrected chi connectivity index (χ1v) is 4.81. The van der Waals surface area contributed by atoms with Crippen molar-refractivity contribution in [1.29, 1.82) is 0 Å². The fourth-order valence-electron chi connectivity index (χ4n) is 2.05. The van der Waals surface area contributed by atoms with Gasteiger partial charge in [-0.1, -0.05) is 6.08 Å². The van der Waals surface area contributed by atoms with Gasteiger partial charge in [-0.05, 0) is 26.3 Å². The van der Waals surface area contributed by atoms with Crippen LogP contribution in [0, 0.1) is 0 Å². The summed E-state index contributed by atoms with van der Waals surface area (Å²) < 4.78 is 11.2. The van der Waals surface area contributed by atoms with Crippen molar-refractivity contribution in [2.45, 2.75) is 51.0 Å². The minimum Gasteiger partial charge on any atom is -0.387 e. The van der Waals surface area contributed by atoms with Crippen LogP contribution in [0.4, 0.5) is 0 Å². The molecule has 1 aliphatic carbocycles. The molecule has 1 saturated heterocycles. The van der Waals surface area contributed by atoms with Crippen LogP contribution < -0.4 is 0 Å². The van der Waals surface area contributed by atoms with E-state index in [4.69, 9.17) is 9.47 Å². The molecule has 0 bridgehead atoms. The second kappa shape index (κ2) is 3.03. The summed E-state index contributed by atoms with van der Waals surface area (Å²) in [5.74, 6) is -0.685. The lowest BCUT2D eigenvalue weighted by atomic mass is 9.91. The molecule has 14 heavy (non-hydrogen) atoms. The minimum absolute atomic E-state index is 0.233. The first-order chi connectivity index (χ1) is 6.41. The lowest BCUT2D eigenvalue weighted by Crippen LogP contribution is -2.46. The predicted octanol–water partition coefficient (Wildman–Crippen LogP) is 0.188. The van der Waals surface area contributed by atoms with Crippen molar-refractivity contribution in [2.75, 3.05) is 0 Å². The van der Waals surface area contributed by atoms with Crippen molar-refractivity contribution < 1.29 is 19.7 Å². The highest BCUT2D eigenvalue weighted by Gasteiger charge is 2.49. The van der Waals surface area contributed by atoms with Gasteiger partial charge in [-0.15, -0.1) is 0 Å². The smallest absolute Gasteiger partial charge is 0.164 e. The van der Waals surface area contributed by atoms with Gasteiger partial charge in [0.2, 0.25) is 0 Å². The molecule has 4 nitrogen and oxygen atoms in total. The fourth-order valence-corrected chi connectivity index (χ4v) is 2.05. The summed E-state index contributed by atoms with van der Waals surface area (Å²) in [4.78, 5) is 0. The van der Waals surface area contributed by atoms with Crippen molar-refractivity contribution in [3.8, 4) is 0 Å². The fraction of sp³-hybridized carbons (Fsp3) is 0.800. The number of rotatable bonds is 0. The lowest BCUT2D eigenvalue weighted by Gasteiger charge is -2.30. The van der Waals surface area contributed by atoms with E-state index in [1.54, 1.807) is 19.9 Å². The summed E-state index contributed by atoms with van der Waals surface area (Å²) in [5, 5.41) is 19.2. The molecule has 0 aromatic carbocycles. The highest BCUT2D eigenvalue weighted by Crippen LogP contribution is 2.37. The quantitative estimate of drug-likeness (QED) is 0.548. The summed E-state index contributed by atoms with van der Waals surface area (Å²) in [6.07, 6.45) is -0.816. The summed E-state index contributed by atoms with van der Waals surface area (Å²) in [7, 11) is 0. The third-order valence-electron chi connectivity index (χ3n) is 2.70. The molecule has 0 radical (unpaired) electrons. The highest BCUT2D eigenvalue weighted by molar-refractivity contribution is 5.20. The van der Waals surface area contributed by atoms with Crippen LogP contribution >= 0.6 is 0 Å². The number of aliphatic hydroxyl groups is 2. The lowest BCUT2D eigenvalue weighted by molar-refractivity contribution is -0.158. The summed E-state index contributed by atoms with van der Waals surface area (Å²) >= 11 is 0. The molecule has 1 fully saturated rings. The number of fused-ring (bicyclic) bond motifs is 1. The van der Waals surface area contributed by atoms with Crippen LogP contribution in [0.15, 0.2) is 11.6 Å². The Hall–Kier alpha value is -0.420. The second-order valence-electron chi connectivity index (χ2n) is 4.41. The molecule has 0 saturated carbocycles. The monoisotopic (exact) mass is 200 g/mol. The summed E-state index contributed by atoms with van der Waals surface area (Å²) in [6.45, 7) is 5.48. The molecule has 4 heteroatoms. The molecule has 0 aromatic rings. The zero-order chi connectivity index (χ0) is 10.5. The summed E-state index contributed by atoms with van der Waals surface area (Å²) in [6, 6.07) is 0. The molecule has 0 spiro atoms. The number of hydrogen-bond donors (Lipinski definition) is 2. The van der Waals surface area contributed by atoms with Gasteiger partial charge in [0, 0.05) is 0 Å². The van der Waals surface area contributed by atoms with Gasteiger partial charge >= 0.3 is 0 Å². The normalized spacial score (nSPS) is 45.9. The zero-order valence-electron chi connectivity index (χ0n) is 8.60. The van der Waals surface area contributed by atoms with Gasteiger partial charge in [0.05, 0.1) is 0 Å². The molecule has 2 N–H and O–H groups in total. The average molecular weight is 200 g/mol. The number of ether oxygens (including phenoxy) is 2. The van der Waals surface area contributed by atoms with E-state index in [1.807, 2.05) is 6.92 Å². The van der Waals surface area contributed by atoms with Crippen molar-refractivity contribution in [1.82, 2.24) is 0 Å². The molecule has 4 atom stereocenters. The highest BCUT2D eigenvalue weighted by atomic mass is 16.8. The van der Waals surface area contributed by atoms with Crippen molar-refractivity contribution >= 4 is 0 Å². The van der Waals surface area contributed by atoms with E-state index < -0.39 is 24.1 Å². The van der Waals surface area contributed by atoms with Crippen LogP contribution in [0.2, 0.25) is 0 Å². The van der Waals surface area contributed by atoms with E-state index in [0.717, 1.165) is 5.57 Å². The molecule has 80 valence electrons. The predicted molar refractivity (Wildman–Crippen MR) is 49.6 cm³/mol. The molecule has 0 amide bonds. The Balaban J connectivity index is 2.27. The van der Waals surface area contributed by atoms with Crippen molar-refractivity contribution in [3.63, 3.8) is 0 Å². The Kier molecular flexibility index (Phi) is 2.19. The molecule has 1 heterocycles. The standard InChI is InChI=1S/C10H16O4/c1-5-4-6(11)7(12)9-8(5)13-10(2,3)14-9/h4,6-9,11-12H,1-3H3/t6-,7-,8-,9+/m1/s1. The van der Waals surface area contributed by atoms with Crippen LogP contribution in [-0.2, 0) is 9.47 Å². The maximum absolute atomic E-state index is 9.70. The van der Waals surface area contributed by atoms with Crippen molar-refractivity contribution in [2.24, 2.45) is 0 Å². The molecule has 0 unspecified atom stereocenters. The molecular formula is C10H16O4. The van der Waals surface area contributed by atoms with E-state index >= 15 is 0 Å². The van der Waals surface area contributed by atoms with Crippen LogP contribution in [0.25, 0.3) is 0 Å². The van der Waals surface area contributed by atoms with Crippen LogP contribution in [0.3, 0.4) is 0 Å². The number of hydrogen-bond acceptors (Lipinski definition) is 4. The zero-order valence-corrected chi connectivity index (χ0v) is 8.60. The Labute approximate surface area is 83.1 Å². The maximum atomic E-state index is 9.70. The third kappa shape index (κ3) is 1.48. The summed E-state index contributed by atoms with van der Waals surface area (Å²) in [5.41, 5.74) is 0.915. The first kappa shape index (κ1) is 10.1. The van der Waals surface area contributed by atoms with Crippen LogP contribution in [-0.4, -0.2) is 40.4 Å². The largest absolute Gasteiger partial charge is 0.387 e. The molecule has 1 aliphatic heterocycles. The molecule has 2 rings (SSSR count). The van der Waals surface area contributed by atoms with Gasteiger partial charge in [0.15, 0.2) is 5.79 Å². The van der Waals surface area contributed by atoms with Gasteiger partial charge in [0.25, 0.3) is 0 Å². The SMILES string of the molecule is CC1=C[C@@H](O)[C@@H](O)[C@@H]2OC(C)(C)O[C@H]12.